The fourth-order valence-electron chi connectivity index (χ4n) is 2.34. The molecule has 5 nitrogen and oxygen atoms in total. The smallest absolute Gasteiger partial charge is 0.265 e. The van der Waals surface area contributed by atoms with Crippen molar-refractivity contribution in [3.63, 3.8) is 0 Å². The number of methoxy groups -OCH3 is 1. The third kappa shape index (κ3) is 3.15. The van der Waals surface area contributed by atoms with Gasteiger partial charge in [0.1, 0.15) is 17.3 Å². The summed E-state index contributed by atoms with van der Waals surface area (Å²) in [5.74, 6) is -0.374. The van der Waals surface area contributed by atoms with Crippen molar-refractivity contribution in [3.8, 4) is 11.5 Å². The van der Waals surface area contributed by atoms with Crippen LogP contribution in [0.5, 0.6) is 11.5 Å². The molecule has 0 aliphatic carbocycles. The van der Waals surface area contributed by atoms with E-state index in [4.69, 9.17) is 9.47 Å². The molecule has 0 aromatic heterocycles. The van der Waals surface area contributed by atoms with E-state index in [9.17, 15) is 14.0 Å². The minimum Gasteiger partial charge on any atom is -0.497 e. The highest BCUT2D eigenvalue weighted by atomic mass is 19.1. The Hall–Kier alpha value is -2.89. The molecule has 6 heteroatoms. The number of amides is 1. The minimum atomic E-state index is -0.942. The highest BCUT2D eigenvalue weighted by Gasteiger charge is 2.31. The predicted molar refractivity (Wildman–Crippen MR) is 81.4 cm³/mol. The van der Waals surface area contributed by atoms with Crippen molar-refractivity contribution in [1.82, 2.24) is 0 Å². The molecule has 0 bridgehead atoms. The van der Waals surface area contributed by atoms with Crippen molar-refractivity contribution in [2.45, 2.75) is 12.5 Å². The fraction of sp³-hybridized carbons (Fsp3) is 0.176. The molecule has 1 amide bonds. The summed E-state index contributed by atoms with van der Waals surface area (Å²) in [6.07, 6.45) is -1.07. The number of carbonyl (C=O) groups excluding carboxylic acids is 2. The van der Waals surface area contributed by atoms with Crippen LogP contribution in [0, 0.1) is 5.82 Å². The summed E-state index contributed by atoms with van der Waals surface area (Å²) in [5, 5.41) is 2.68. The third-order valence-corrected chi connectivity index (χ3v) is 3.53. The molecule has 0 saturated carbocycles. The Balaban J connectivity index is 1.73. The molecule has 2 aromatic carbocycles. The van der Waals surface area contributed by atoms with Crippen LogP contribution in [0.15, 0.2) is 42.5 Å². The molecular formula is C17H14FNO4. The van der Waals surface area contributed by atoms with E-state index in [-0.39, 0.29) is 23.5 Å². The van der Waals surface area contributed by atoms with E-state index >= 15 is 0 Å². The lowest BCUT2D eigenvalue weighted by Gasteiger charge is -2.24. The second-order valence-corrected chi connectivity index (χ2v) is 5.09. The Morgan fingerprint density at radius 2 is 2.00 bits per heavy atom. The van der Waals surface area contributed by atoms with Crippen molar-refractivity contribution in [1.29, 1.82) is 0 Å². The summed E-state index contributed by atoms with van der Waals surface area (Å²) >= 11 is 0. The zero-order chi connectivity index (χ0) is 16.4. The van der Waals surface area contributed by atoms with E-state index in [0.29, 0.717) is 11.4 Å². The molecule has 0 unspecified atom stereocenters. The van der Waals surface area contributed by atoms with E-state index in [1.54, 1.807) is 31.4 Å². The monoisotopic (exact) mass is 315 g/mol. The Morgan fingerprint density at radius 3 is 2.70 bits per heavy atom. The van der Waals surface area contributed by atoms with Gasteiger partial charge in [0.05, 0.1) is 19.1 Å². The van der Waals surface area contributed by atoms with Gasteiger partial charge in [-0.05, 0) is 42.5 Å². The van der Waals surface area contributed by atoms with E-state index in [2.05, 4.69) is 5.32 Å². The molecule has 1 aliphatic heterocycles. The first-order chi connectivity index (χ1) is 11.1. The molecule has 2 aromatic rings. The zero-order valence-corrected chi connectivity index (χ0v) is 12.3. The Kier molecular flexibility index (Phi) is 3.97. The molecule has 0 spiro atoms. The van der Waals surface area contributed by atoms with Crippen LogP contribution in [0.4, 0.5) is 10.1 Å². The molecule has 0 saturated heterocycles. The Bertz CT molecular complexity index is 758. The maximum absolute atomic E-state index is 13.2. The third-order valence-electron chi connectivity index (χ3n) is 3.53. The standard InChI is InChI=1S/C17H14FNO4/c1-22-12-5-3-11(4-6-12)19-17(21)16-9-14(20)13-8-10(18)2-7-15(13)23-16/h2-8,16H,9H2,1H3,(H,19,21)/t16-/m1/s1. The first-order valence-corrected chi connectivity index (χ1v) is 7.01. The molecule has 23 heavy (non-hydrogen) atoms. The number of hydrogen-bond donors (Lipinski definition) is 1. The van der Waals surface area contributed by atoms with Gasteiger partial charge in [0.15, 0.2) is 11.9 Å². The number of fused-ring (bicyclic) bond motifs is 1. The maximum Gasteiger partial charge on any atom is 0.265 e. The largest absolute Gasteiger partial charge is 0.497 e. The van der Waals surface area contributed by atoms with Gasteiger partial charge in [-0.25, -0.2) is 4.39 Å². The topological polar surface area (TPSA) is 64.6 Å². The summed E-state index contributed by atoms with van der Waals surface area (Å²) < 4.78 is 23.7. The number of nitrogens with one attached hydrogen (secondary N) is 1. The minimum absolute atomic E-state index is 0.127. The molecule has 118 valence electrons. The van der Waals surface area contributed by atoms with Crippen LogP contribution in [0.2, 0.25) is 0 Å². The fourth-order valence-corrected chi connectivity index (χ4v) is 2.34. The summed E-state index contributed by atoms with van der Waals surface area (Å²) in [6, 6.07) is 10.5. The second kappa shape index (κ2) is 6.08. The van der Waals surface area contributed by atoms with Gasteiger partial charge in [0.25, 0.3) is 5.91 Å². The number of Topliss-reactive ketones (excluding diaryl/α,β-unsaturated/α-hetero) is 1. The number of halogens is 1. The molecule has 1 N–H and O–H groups in total. The number of anilines is 1. The molecule has 1 heterocycles. The number of carbonyl (C=O) groups is 2. The Labute approximate surface area is 132 Å². The number of ketones is 1. The van der Waals surface area contributed by atoms with Crippen molar-refractivity contribution < 1.29 is 23.5 Å². The second-order valence-electron chi connectivity index (χ2n) is 5.09. The van der Waals surface area contributed by atoms with Crippen LogP contribution < -0.4 is 14.8 Å². The van der Waals surface area contributed by atoms with Crippen LogP contribution in [0.25, 0.3) is 0 Å². The average Bonchev–Trinajstić information content (AvgIpc) is 2.56. The number of ether oxygens (including phenoxy) is 2. The predicted octanol–water partition coefficient (Wildman–Crippen LogP) is 2.81. The van der Waals surface area contributed by atoms with Crippen molar-refractivity contribution in [2.24, 2.45) is 0 Å². The number of benzene rings is 2. The lowest BCUT2D eigenvalue weighted by atomic mass is 10.00. The maximum atomic E-state index is 13.2. The van der Waals surface area contributed by atoms with Crippen LogP contribution in [-0.4, -0.2) is 24.9 Å². The summed E-state index contributed by atoms with van der Waals surface area (Å²) in [4.78, 5) is 24.3. The van der Waals surface area contributed by atoms with Crippen molar-refractivity contribution in [2.75, 3.05) is 12.4 Å². The van der Waals surface area contributed by atoms with Gasteiger partial charge < -0.3 is 14.8 Å². The SMILES string of the molecule is COc1ccc(NC(=O)[C@H]2CC(=O)c3cc(F)ccc3O2)cc1. The van der Waals surface area contributed by atoms with Crippen molar-refractivity contribution >= 4 is 17.4 Å². The van der Waals surface area contributed by atoms with Crippen LogP contribution in [0.3, 0.4) is 0 Å². The van der Waals surface area contributed by atoms with Gasteiger partial charge in [-0.3, -0.25) is 9.59 Å². The summed E-state index contributed by atoms with van der Waals surface area (Å²) in [6.45, 7) is 0. The molecule has 0 fully saturated rings. The first kappa shape index (κ1) is 15.0. The highest BCUT2D eigenvalue weighted by molar-refractivity contribution is 6.05. The van der Waals surface area contributed by atoms with Gasteiger partial charge >= 0.3 is 0 Å². The zero-order valence-electron chi connectivity index (χ0n) is 12.3. The normalized spacial score (nSPS) is 16.3. The van der Waals surface area contributed by atoms with E-state index in [1.165, 1.54) is 12.1 Å². The van der Waals surface area contributed by atoms with Gasteiger partial charge in [0, 0.05) is 5.69 Å². The quantitative estimate of drug-likeness (QED) is 0.946. The Morgan fingerprint density at radius 1 is 1.26 bits per heavy atom. The molecular weight excluding hydrogens is 301 g/mol. The number of rotatable bonds is 3. The lowest BCUT2D eigenvalue weighted by Crippen LogP contribution is -2.38. The van der Waals surface area contributed by atoms with E-state index in [0.717, 1.165) is 6.07 Å². The average molecular weight is 315 g/mol. The lowest BCUT2D eigenvalue weighted by molar-refractivity contribution is -0.122. The number of hydrogen-bond acceptors (Lipinski definition) is 4. The van der Waals surface area contributed by atoms with Gasteiger partial charge in [-0.1, -0.05) is 0 Å². The van der Waals surface area contributed by atoms with E-state index in [1.807, 2.05) is 0 Å². The van der Waals surface area contributed by atoms with E-state index < -0.39 is 17.8 Å². The molecule has 3 rings (SSSR count). The molecule has 0 radical (unpaired) electrons. The van der Waals surface area contributed by atoms with Gasteiger partial charge in [-0.15, -0.1) is 0 Å². The van der Waals surface area contributed by atoms with Crippen LogP contribution in [0.1, 0.15) is 16.8 Å². The first-order valence-electron chi connectivity index (χ1n) is 7.01. The highest BCUT2D eigenvalue weighted by Crippen LogP contribution is 2.28. The van der Waals surface area contributed by atoms with Crippen molar-refractivity contribution in [3.05, 3.63) is 53.8 Å². The van der Waals surface area contributed by atoms with Crippen LogP contribution in [-0.2, 0) is 4.79 Å². The molecule has 1 atom stereocenters. The summed E-state index contributed by atoms with van der Waals surface area (Å²) in [5.41, 5.74) is 0.732. The van der Waals surface area contributed by atoms with Crippen LogP contribution >= 0.6 is 0 Å². The van der Waals surface area contributed by atoms with Gasteiger partial charge in [0.2, 0.25) is 0 Å². The molecule has 1 aliphatic rings. The van der Waals surface area contributed by atoms with Gasteiger partial charge in [-0.2, -0.15) is 0 Å². The summed E-state index contributed by atoms with van der Waals surface area (Å²) in [7, 11) is 1.55.